The molecular weight excluding hydrogens is 108 g/mol. The SMILES string of the molecule is COC=C(O)C(C)=O. The summed E-state index contributed by atoms with van der Waals surface area (Å²) in [6, 6.07) is 0. The third-order valence-electron chi connectivity index (χ3n) is 0.590. The number of aliphatic hydroxyl groups excluding tert-OH is 1. The van der Waals surface area contributed by atoms with E-state index >= 15 is 0 Å². The Hall–Kier alpha value is -0.990. The Kier molecular flexibility index (Phi) is 2.69. The minimum atomic E-state index is -0.396. The number of ether oxygens (including phenoxy) is 1. The Bertz CT molecular complexity index is 115. The van der Waals surface area contributed by atoms with Gasteiger partial charge in [-0.3, -0.25) is 4.79 Å². The van der Waals surface area contributed by atoms with Crippen LogP contribution in [0.15, 0.2) is 12.0 Å². The summed E-state index contributed by atoms with van der Waals surface area (Å²) in [6.45, 7) is 1.25. The zero-order valence-corrected chi connectivity index (χ0v) is 4.84. The fourth-order valence-corrected chi connectivity index (χ4v) is 0.195. The van der Waals surface area contributed by atoms with Crippen molar-refractivity contribution in [2.24, 2.45) is 0 Å². The number of rotatable bonds is 2. The fraction of sp³-hybridized carbons (Fsp3) is 0.400. The summed E-state index contributed by atoms with van der Waals surface area (Å²) in [6.07, 6.45) is 0.988. The van der Waals surface area contributed by atoms with E-state index in [1.807, 2.05) is 0 Å². The van der Waals surface area contributed by atoms with Gasteiger partial charge >= 0.3 is 0 Å². The van der Waals surface area contributed by atoms with E-state index in [0.29, 0.717) is 0 Å². The van der Waals surface area contributed by atoms with Crippen molar-refractivity contribution in [2.45, 2.75) is 6.92 Å². The minimum Gasteiger partial charge on any atom is -0.502 e. The Labute approximate surface area is 47.6 Å². The summed E-state index contributed by atoms with van der Waals surface area (Å²) >= 11 is 0. The number of Topliss-reactive ketones (excluding diaryl/α,β-unsaturated/α-hetero) is 1. The molecule has 0 saturated carbocycles. The molecule has 3 heteroatoms. The second-order valence-corrected chi connectivity index (χ2v) is 1.29. The highest BCUT2D eigenvalue weighted by Crippen LogP contribution is 1.87. The Balaban J connectivity index is 3.80. The maximum absolute atomic E-state index is 10.1. The zero-order chi connectivity index (χ0) is 6.57. The van der Waals surface area contributed by atoms with Crippen LogP contribution in [0.4, 0.5) is 0 Å². The van der Waals surface area contributed by atoms with Crippen molar-refractivity contribution in [3.8, 4) is 0 Å². The van der Waals surface area contributed by atoms with E-state index < -0.39 is 5.78 Å². The van der Waals surface area contributed by atoms with Crippen LogP contribution in [0.5, 0.6) is 0 Å². The second kappa shape index (κ2) is 3.07. The topological polar surface area (TPSA) is 46.5 Å². The van der Waals surface area contributed by atoms with E-state index in [1.54, 1.807) is 0 Å². The second-order valence-electron chi connectivity index (χ2n) is 1.29. The van der Waals surface area contributed by atoms with Gasteiger partial charge in [0.15, 0.2) is 11.5 Å². The van der Waals surface area contributed by atoms with Crippen molar-refractivity contribution in [3.63, 3.8) is 0 Å². The average Bonchev–Trinajstić information content (AvgIpc) is 1.67. The van der Waals surface area contributed by atoms with Gasteiger partial charge in [-0.1, -0.05) is 0 Å². The molecule has 8 heavy (non-hydrogen) atoms. The molecule has 1 N–H and O–H groups in total. The lowest BCUT2D eigenvalue weighted by atomic mass is 10.4. The lowest BCUT2D eigenvalue weighted by molar-refractivity contribution is -0.116. The van der Waals surface area contributed by atoms with Crippen LogP contribution in [0, 0.1) is 0 Å². The van der Waals surface area contributed by atoms with Crippen LogP contribution in [0.25, 0.3) is 0 Å². The van der Waals surface area contributed by atoms with Gasteiger partial charge in [0.2, 0.25) is 0 Å². The Morgan fingerprint density at radius 1 is 1.75 bits per heavy atom. The first-order chi connectivity index (χ1) is 3.68. The van der Waals surface area contributed by atoms with Crippen LogP contribution in [0.3, 0.4) is 0 Å². The molecule has 0 aliphatic carbocycles. The van der Waals surface area contributed by atoms with E-state index in [1.165, 1.54) is 14.0 Å². The molecule has 0 radical (unpaired) electrons. The molecular formula is C5H8O3. The van der Waals surface area contributed by atoms with Crippen LogP contribution >= 0.6 is 0 Å². The summed E-state index contributed by atoms with van der Waals surface area (Å²) in [5, 5.41) is 8.51. The predicted molar refractivity (Wildman–Crippen MR) is 28.4 cm³/mol. The van der Waals surface area contributed by atoms with Gasteiger partial charge in [-0.2, -0.15) is 0 Å². The molecule has 0 aliphatic rings. The molecule has 0 fully saturated rings. The summed E-state index contributed by atoms with van der Waals surface area (Å²) < 4.78 is 4.33. The van der Waals surface area contributed by atoms with Crippen LogP contribution in [0.1, 0.15) is 6.92 Å². The summed E-state index contributed by atoms with van der Waals surface area (Å²) in [5.41, 5.74) is 0. The van der Waals surface area contributed by atoms with Crippen molar-refractivity contribution in [1.29, 1.82) is 0 Å². The van der Waals surface area contributed by atoms with Gasteiger partial charge in [0.05, 0.1) is 7.11 Å². The largest absolute Gasteiger partial charge is 0.502 e. The number of aliphatic hydroxyl groups is 1. The van der Waals surface area contributed by atoms with Crippen LogP contribution in [0.2, 0.25) is 0 Å². The molecule has 0 bridgehead atoms. The monoisotopic (exact) mass is 116 g/mol. The highest BCUT2D eigenvalue weighted by molar-refractivity contribution is 5.90. The molecule has 0 aliphatic heterocycles. The van der Waals surface area contributed by atoms with Gasteiger partial charge in [-0.25, -0.2) is 0 Å². The number of carbonyl (C=O) groups excluding carboxylic acids is 1. The molecule has 46 valence electrons. The molecule has 0 heterocycles. The summed E-state index contributed by atoms with van der Waals surface area (Å²) in [4.78, 5) is 10.1. The first kappa shape index (κ1) is 7.01. The van der Waals surface area contributed by atoms with E-state index in [0.717, 1.165) is 6.26 Å². The lowest BCUT2D eigenvalue weighted by Crippen LogP contribution is -1.94. The molecule has 0 rings (SSSR count). The van der Waals surface area contributed by atoms with Gasteiger partial charge in [-0.05, 0) is 0 Å². The average molecular weight is 116 g/mol. The summed E-state index contributed by atoms with van der Waals surface area (Å²) in [5.74, 6) is -0.751. The maximum atomic E-state index is 10.1. The number of carbonyl (C=O) groups is 1. The standard InChI is InChI=1S/C5H8O3/c1-4(6)5(7)3-8-2/h3,7H,1-2H3. The predicted octanol–water partition coefficient (Wildman–Crippen LogP) is 0.621. The van der Waals surface area contributed by atoms with Gasteiger partial charge in [0.25, 0.3) is 0 Å². The van der Waals surface area contributed by atoms with Crippen molar-refractivity contribution in [2.75, 3.05) is 7.11 Å². The fourth-order valence-electron chi connectivity index (χ4n) is 0.195. The highest BCUT2D eigenvalue weighted by Gasteiger charge is 1.96. The third kappa shape index (κ3) is 2.23. The molecule has 0 amide bonds. The molecule has 0 spiro atoms. The lowest BCUT2D eigenvalue weighted by Gasteiger charge is -1.89. The quantitative estimate of drug-likeness (QED) is 0.425. The van der Waals surface area contributed by atoms with Crippen LogP contribution in [-0.4, -0.2) is 18.0 Å². The smallest absolute Gasteiger partial charge is 0.197 e. The molecule has 0 saturated heterocycles. The third-order valence-corrected chi connectivity index (χ3v) is 0.590. The maximum Gasteiger partial charge on any atom is 0.197 e. The van der Waals surface area contributed by atoms with E-state index in [4.69, 9.17) is 5.11 Å². The Morgan fingerprint density at radius 3 is 2.38 bits per heavy atom. The number of hydrogen-bond acceptors (Lipinski definition) is 3. The van der Waals surface area contributed by atoms with Crippen molar-refractivity contribution in [1.82, 2.24) is 0 Å². The first-order valence-corrected chi connectivity index (χ1v) is 2.11. The van der Waals surface area contributed by atoms with Gasteiger partial charge in [0, 0.05) is 6.92 Å². The molecule has 0 unspecified atom stereocenters. The molecule has 0 aromatic rings. The van der Waals surface area contributed by atoms with Gasteiger partial charge < -0.3 is 9.84 Å². The number of allylic oxidation sites excluding steroid dienone is 1. The highest BCUT2D eigenvalue weighted by atomic mass is 16.5. The number of hydrogen-bond donors (Lipinski definition) is 1. The van der Waals surface area contributed by atoms with E-state index in [-0.39, 0.29) is 5.76 Å². The zero-order valence-electron chi connectivity index (χ0n) is 4.84. The van der Waals surface area contributed by atoms with Crippen LogP contribution < -0.4 is 0 Å². The summed E-state index contributed by atoms with van der Waals surface area (Å²) in [7, 11) is 1.36. The van der Waals surface area contributed by atoms with Gasteiger partial charge in [-0.15, -0.1) is 0 Å². The van der Waals surface area contributed by atoms with Crippen molar-refractivity contribution in [3.05, 3.63) is 12.0 Å². The molecule has 0 aromatic heterocycles. The van der Waals surface area contributed by atoms with Crippen molar-refractivity contribution >= 4 is 5.78 Å². The molecule has 0 aromatic carbocycles. The van der Waals surface area contributed by atoms with Crippen LogP contribution in [-0.2, 0) is 9.53 Å². The normalized spacial score (nSPS) is 11.0. The van der Waals surface area contributed by atoms with Crippen molar-refractivity contribution < 1.29 is 14.6 Å². The number of methoxy groups -OCH3 is 1. The number of ketones is 1. The van der Waals surface area contributed by atoms with E-state index in [2.05, 4.69) is 4.74 Å². The van der Waals surface area contributed by atoms with E-state index in [9.17, 15) is 4.79 Å². The Morgan fingerprint density at radius 2 is 2.25 bits per heavy atom. The molecule has 3 nitrogen and oxygen atoms in total. The minimum absolute atomic E-state index is 0.354. The first-order valence-electron chi connectivity index (χ1n) is 2.11. The molecule has 0 atom stereocenters. The van der Waals surface area contributed by atoms with Gasteiger partial charge in [0.1, 0.15) is 6.26 Å².